The number of nitrogens with zero attached hydrogens (tertiary/aromatic N) is 3. The van der Waals surface area contributed by atoms with Crippen LogP contribution in [0.4, 0.5) is 5.82 Å². The number of hydrogen-bond acceptors (Lipinski definition) is 5. The lowest BCUT2D eigenvalue weighted by Gasteiger charge is -2.32. The van der Waals surface area contributed by atoms with Gasteiger partial charge in [0.2, 0.25) is 10.0 Å². The second-order valence-electron chi connectivity index (χ2n) is 5.68. The maximum absolute atomic E-state index is 12.8. The van der Waals surface area contributed by atoms with Gasteiger partial charge in [0.15, 0.2) is 0 Å². The van der Waals surface area contributed by atoms with E-state index in [4.69, 9.17) is 0 Å². The molecule has 21 heavy (non-hydrogen) atoms. The number of β-amino-alcohol motifs (C(OH)–C–C–N with tert-alkyl or cyclic N) is 1. The highest BCUT2D eigenvalue weighted by molar-refractivity contribution is 7.89. The summed E-state index contributed by atoms with van der Waals surface area (Å²) in [5, 5.41) is 9.82. The third kappa shape index (κ3) is 2.90. The zero-order valence-electron chi connectivity index (χ0n) is 12.0. The van der Waals surface area contributed by atoms with Crippen molar-refractivity contribution in [3.05, 3.63) is 18.3 Å². The first-order valence-electron chi connectivity index (χ1n) is 7.47. The molecular formula is C14H21N3O3S. The zero-order chi connectivity index (χ0) is 14.9. The Labute approximate surface area is 125 Å². The highest BCUT2D eigenvalue weighted by atomic mass is 32.2. The van der Waals surface area contributed by atoms with Crippen molar-refractivity contribution in [1.29, 1.82) is 0 Å². The third-order valence-electron chi connectivity index (χ3n) is 4.13. The normalized spacial score (nSPS) is 24.4. The van der Waals surface area contributed by atoms with Crippen molar-refractivity contribution in [2.24, 2.45) is 0 Å². The van der Waals surface area contributed by atoms with Gasteiger partial charge in [0, 0.05) is 32.4 Å². The average Bonchev–Trinajstić information content (AvgIpc) is 3.02. The molecule has 0 saturated carbocycles. The molecule has 2 saturated heterocycles. The molecule has 6 nitrogen and oxygen atoms in total. The lowest BCUT2D eigenvalue weighted by atomic mass is 10.1. The van der Waals surface area contributed by atoms with Gasteiger partial charge in [-0.15, -0.1) is 0 Å². The fraction of sp³-hybridized carbons (Fsp3) is 0.643. The average molecular weight is 311 g/mol. The van der Waals surface area contributed by atoms with Gasteiger partial charge in [-0.3, -0.25) is 0 Å². The van der Waals surface area contributed by atoms with E-state index >= 15 is 0 Å². The summed E-state index contributed by atoms with van der Waals surface area (Å²) >= 11 is 0. The van der Waals surface area contributed by atoms with E-state index in [1.165, 1.54) is 4.31 Å². The first-order chi connectivity index (χ1) is 10.1. The molecule has 116 valence electrons. The van der Waals surface area contributed by atoms with E-state index in [1.807, 2.05) is 4.90 Å². The molecule has 3 rings (SSSR count). The van der Waals surface area contributed by atoms with Crippen LogP contribution in [0.2, 0.25) is 0 Å². The Morgan fingerprint density at radius 1 is 1.19 bits per heavy atom. The molecule has 0 amide bonds. The van der Waals surface area contributed by atoms with E-state index in [2.05, 4.69) is 4.98 Å². The molecule has 1 atom stereocenters. The topological polar surface area (TPSA) is 73.7 Å². The minimum atomic E-state index is -3.49. The molecule has 1 aromatic rings. The predicted molar refractivity (Wildman–Crippen MR) is 79.7 cm³/mol. The van der Waals surface area contributed by atoms with Crippen LogP contribution in [0.25, 0.3) is 0 Å². The Balaban J connectivity index is 1.95. The quantitative estimate of drug-likeness (QED) is 0.895. The van der Waals surface area contributed by atoms with Gasteiger partial charge in [-0.25, -0.2) is 13.4 Å². The highest BCUT2D eigenvalue weighted by Gasteiger charge is 2.32. The van der Waals surface area contributed by atoms with Crippen molar-refractivity contribution >= 4 is 15.8 Å². The van der Waals surface area contributed by atoms with Crippen LogP contribution in [0.1, 0.15) is 25.7 Å². The van der Waals surface area contributed by atoms with Gasteiger partial charge < -0.3 is 10.0 Å². The molecule has 1 aromatic heterocycles. The van der Waals surface area contributed by atoms with Crippen molar-refractivity contribution in [3.8, 4) is 0 Å². The summed E-state index contributed by atoms with van der Waals surface area (Å²) in [6.07, 6.45) is 4.63. The zero-order valence-corrected chi connectivity index (χ0v) is 12.8. The molecule has 0 aliphatic carbocycles. The Kier molecular flexibility index (Phi) is 4.14. The first-order valence-corrected chi connectivity index (χ1v) is 8.91. The maximum Gasteiger partial charge on any atom is 0.246 e. The van der Waals surface area contributed by atoms with Crippen molar-refractivity contribution in [2.75, 3.05) is 31.1 Å². The van der Waals surface area contributed by atoms with Crippen molar-refractivity contribution in [1.82, 2.24) is 9.29 Å². The van der Waals surface area contributed by atoms with E-state index in [0.29, 0.717) is 25.5 Å². The SMILES string of the molecule is O=S(=O)(c1cccnc1N1CCCC(O)C1)N1CCCC1. The molecule has 1 unspecified atom stereocenters. The highest BCUT2D eigenvalue weighted by Crippen LogP contribution is 2.29. The fourth-order valence-electron chi connectivity index (χ4n) is 3.04. The van der Waals surface area contributed by atoms with Crippen LogP contribution in [0.5, 0.6) is 0 Å². The molecule has 2 aliphatic heterocycles. The van der Waals surface area contributed by atoms with Gasteiger partial charge in [0.05, 0.1) is 6.10 Å². The summed E-state index contributed by atoms with van der Waals surface area (Å²) in [4.78, 5) is 6.43. The predicted octanol–water partition coefficient (Wildman–Crippen LogP) is 0.827. The Morgan fingerprint density at radius 2 is 1.95 bits per heavy atom. The largest absolute Gasteiger partial charge is 0.391 e. The number of aliphatic hydroxyl groups excluding tert-OH is 1. The third-order valence-corrected chi connectivity index (χ3v) is 6.05. The molecular weight excluding hydrogens is 290 g/mol. The Hall–Kier alpha value is -1.18. The molecule has 7 heteroatoms. The van der Waals surface area contributed by atoms with Crippen LogP contribution in [-0.2, 0) is 10.0 Å². The standard InChI is InChI=1S/C14H21N3O3S/c18-12-5-4-8-16(11-12)14-13(6-3-7-15-14)21(19,20)17-9-1-2-10-17/h3,6-7,12,18H,1-2,4-5,8-11H2. The van der Waals surface area contributed by atoms with E-state index in [-0.39, 0.29) is 4.90 Å². The van der Waals surface area contributed by atoms with Crippen LogP contribution < -0.4 is 4.90 Å². The van der Waals surface area contributed by atoms with Gasteiger partial charge in [0.1, 0.15) is 10.7 Å². The summed E-state index contributed by atoms with van der Waals surface area (Å²) < 4.78 is 27.1. The molecule has 0 radical (unpaired) electrons. The minimum absolute atomic E-state index is 0.265. The smallest absolute Gasteiger partial charge is 0.246 e. The fourth-order valence-corrected chi connectivity index (χ4v) is 4.72. The second-order valence-corrected chi connectivity index (χ2v) is 7.58. The molecule has 0 spiro atoms. The Bertz CT molecular complexity index is 599. The second kappa shape index (κ2) is 5.90. The summed E-state index contributed by atoms with van der Waals surface area (Å²) in [6, 6.07) is 3.28. The molecule has 0 bridgehead atoms. The van der Waals surface area contributed by atoms with Gasteiger partial charge in [-0.1, -0.05) is 0 Å². The van der Waals surface area contributed by atoms with E-state index in [0.717, 1.165) is 32.2 Å². The van der Waals surface area contributed by atoms with Gasteiger partial charge in [-0.2, -0.15) is 4.31 Å². The minimum Gasteiger partial charge on any atom is -0.391 e. The number of aliphatic hydroxyl groups is 1. The van der Waals surface area contributed by atoms with Crippen molar-refractivity contribution < 1.29 is 13.5 Å². The number of pyridine rings is 1. The summed E-state index contributed by atoms with van der Waals surface area (Å²) in [7, 11) is -3.49. The number of hydrogen-bond donors (Lipinski definition) is 1. The number of aromatic nitrogens is 1. The van der Waals surface area contributed by atoms with Crippen LogP contribution in [0.3, 0.4) is 0 Å². The van der Waals surface area contributed by atoms with E-state index in [9.17, 15) is 13.5 Å². The van der Waals surface area contributed by atoms with Gasteiger partial charge in [-0.05, 0) is 37.8 Å². The summed E-state index contributed by atoms with van der Waals surface area (Å²) in [5.74, 6) is 0.475. The molecule has 2 aliphatic rings. The van der Waals surface area contributed by atoms with Crippen molar-refractivity contribution in [3.63, 3.8) is 0 Å². The van der Waals surface area contributed by atoms with E-state index < -0.39 is 16.1 Å². The molecule has 0 aromatic carbocycles. The van der Waals surface area contributed by atoms with E-state index in [1.54, 1.807) is 18.3 Å². The molecule has 3 heterocycles. The number of sulfonamides is 1. The van der Waals surface area contributed by atoms with Crippen LogP contribution in [-0.4, -0.2) is 55.1 Å². The number of rotatable bonds is 3. The number of anilines is 1. The Morgan fingerprint density at radius 3 is 2.67 bits per heavy atom. The van der Waals surface area contributed by atoms with Crippen LogP contribution in [0, 0.1) is 0 Å². The molecule has 1 N–H and O–H groups in total. The maximum atomic E-state index is 12.8. The monoisotopic (exact) mass is 311 g/mol. The van der Waals surface area contributed by atoms with Gasteiger partial charge >= 0.3 is 0 Å². The summed E-state index contributed by atoms with van der Waals surface area (Å²) in [5.41, 5.74) is 0. The first kappa shape index (κ1) is 14.7. The lowest BCUT2D eigenvalue weighted by Crippen LogP contribution is -2.40. The van der Waals surface area contributed by atoms with Crippen LogP contribution in [0.15, 0.2) is 23.2 Å². The van der Waals surface area contributed by atoms with Crippen molar-refractivity contribution in [2.45, 2.75) is 36.7 Å². The van der Waals surface area contributed by atoms with Gasteiger partial charge in [0.25, 0.3) is 0 Å². The van der Waals surface area contributed by atoms with Crippen LogP contribution >= 0.6 is 0 Å². The molecule has 2 fully saturated rings. The lowest BCUT2D eigenvalue weighted by molar-refractivity contribution is 0.153. The summed E-state index contributed by atoms with van der Waals surface area (Å²) in [6.45, 7) is 2.34. The number of piperidine rings is 1.